The average molecular weight is 304 g/mol. The highest BCUT2D eigenvalue weighted by atomic mass is 16.5. The van der Waals surface area contributed by atoms with Gasteiger partial charge in [0.2, 0.25) is 0 Å². The van der Waals surface area contributed by atoms with E-state index in [2.05, 4.69) is 13.8 Å². The number of carbonyl (C=O) groups is 1. The van der Waals surface area contributed by atoms with E-state index in [1.54, 1.807) is 0 Å². The van der Waals surface area contributed by atoms with Crippen LogP contribution in [0, 0.1) is 34.5 Å². The maximum Gasteiger partial charge on any atom is 0.133 e. The van der Waals surface area contributed by atoms with Crippen LogP contribution < -0.4 is 0 Å². The number of methoxy groups -OCH3 is 1. The summed E-state index contributed by atoms with van der Waals surface area (Å²) in [5.41, 5.74) is 0.868. The Kier molecular flexibility index (Phi) is 3.49. The maximum absolute atomic E-state index is 11.9. The van der Waals surface area contributed by atoms with E-state index in [4.69, 9.17) is 4.74 Å². The van der Waals surface area contributed by atoms with Crippen LogP contribution in [0.3, 0.4) is 0 Å². The summed E-state index contributed by atoms with van der Waals surface area (Å²) in [7, 11) is 1.91. The van der Waals surface area contributed by atoms with E-state index in [-0.39, 0.29) is 0 Å². The van der Waals surface area contributed by atoms with Gasteiger partial charge in [0, 0.05) is 20.0 Å². The third kappa shape index (κ3) is 1.92. The average Bonchev–Trinajstić information content (AvgIpc) is 2.84. The minimum absolute atomic E-state index is 0.420. The van der Waals surface area contributed by atoms with Gasteiger partial charge < -0.3 is 4.74 Å². The van der Waals surface area contributed by atoms with Gasteiger partial charge in [-0.05, 0) is 79.4 Å². The van der Waals surface area contributed by atoms with Gasteiger partial charge in [-0.15, -0.1) is 0 Å². The molecule has 4 rings (SSSR count). The van der Waals surface area contributed by atoms with Gasteiger partial charge in [0.1, 0.15) is 5.78 Å². The van der Waals surface area contributed by atoms with Gasteiger partial charge in [0.25, 0.3) is 0 Å². The summed E-state index contributed by atoms with van der Waals surface area (Å²) in [6.07, 6.45) is 11.4. The maximum atomic E-state index is 11.9. The Bertz CT molecular complexity index is 472. The third-order valence-corrected chi connectivity index (χ3v) is 8.68. The first-order valence-corrected chi connectivity index (χ1v) is 9.53. The Morgan fingerprint density at radius 2 is 1.73 bits per heavy atom. The third-order valence-electron chi connectivity index (χ3n) is 8.68. The molecule has 0 aromatic rings. The van der Waals surface area contributed by atoms with E-state index in [9.17, 15) is 4.79 Å². The lowest BCUT2D eigenvalue weighted by Crippen LogP contribution is -2.54. The highest BCUT2D eigenvalue weighted by Gasteiger charge is 2.60. The molecule has 7 unspecified atom stereocenters. The second-order valence-corrected chi connectivity index (χ2v) is 9.25. The van der Waals surface area contributed by atoms with E-state index >= 15 is 0 Å². The summed E-state index contributed by atoms with van der Waals surface area (Å²) in [5, 5.41) is 0. The summed E-state index contributed by atoms with van der Waals surface area (Å²) >= 11 is 0. The fraction of sp³-hybridized carbons (Fsp3) is 0.950. The smallest absolute Gasteiger partial charge is 0.133 e. The molecule has 4 aliphatic carbocycles. The Balaban J connectivity index is 1.62. The van der Waals surface area contributed by atoms with Crippen LogP contribution >= 0.6 is 0 Å². The number of fused-ring (bicyclic) bond motifs is 5. The van der Waals surface area contributed by atoms with E-state index < -0.39 is 0 Å². The van der Waals surface area contributed by atoms with Crippen molar-refractivity contribution in [1.29, 1.82) is 0 Å². The Labute approximate surface area is 135 Å². The zero-order chi connectivity index (χ0) is 15.5. The number of ether oxygens (including phenoxy) is 1. The van der Waals surface area contributed by atoms with E-state index in [1.807, 2.05) is 7.11 Å². The van der Waals surface area contributed by atoms with Gasteiger partial charge >= 0.3 is 0 Å². The molecule has 0 heterocycles. The predicted molar refractivity (Wildman–Crippen MR) is 87.5 cm³/mol. The quantitative estimate of drug-likeness (QED) is 0.707. The molecular weight excluding hydrogens is 272 g/mol. The van der Waals surface area contributed by atoms with Crippen molar-refractivity contribution in [2.24, 2.45) is 34.5 Å². The van der Waals surface area contributed by atoms with Gasteiger partial charge in [-0.25, -0.2) is 0 Å². The molecule has 0 N–H and O–H groups in total. The van der Waals surface area contributed by atoms with Crippen LogP contribution in [-0.4, -0.2) is 19.0 Å². The van der Waals surface area contributed by atoms with Crippen LogP contribution in [0.15, 0.2) is 0 Å². The van der Waals surface area contributed by atoms with Gasteiger partial charge in [0.15, 0.2) is 0 Å². The van der Waals surface area contributed by atoms with Crippen molar-refractivity contribution in [3.8, 4) is 0 Å². The fourth-order valence-electron chi connectivity index (χ4n) is 7.38. The van der Waals surface area contributed by atoms with Crippen molar-refractivity contribution < 1.29 is 9.53 Å². The molecule has 0 radical (unpaired) electrons. The van der Waals surface area contributed by atoms with Crippen LogP contribution in [-0.2, 0) is 9.53 Å². The number of hydrogen-bond donors (Lipinski definition) is 0. The standard InChI is InChI=1S/C20H32O2/c1-19-10-8-14(21)12-13(19)4-5-15-16-6-7-18(22-3)20(16,2)11-9-17(15)19/h13,15-18H,4-12H2,1-3H3. The Morgan fingerprint density at radius 3 is 2.50 bits per heavy atom. The first-order valence-electron chi connectivity index (χ1n) is 9.53. The zero-order valence-corrected chi connectivity index (χ0v) is 14.6. The lowest BCUT2D eigenvalue weighted by molar-refractivity contribution is -0.143. The van der Waals surface area contributed by atoms with Gasteiger partial charge in [-0.2, -0.15) is 0 Å². The lowest BCUT2D eigenvalue weighted by Gasteiger charge is -2.60. The highest BCUT2D eigenvalue weighted by molar-refractivity contribution is 5.79. The molecule has 0 saturated heterocycles. The van der Waals surface area contributed by atoms with Gasteiger partial charge in [-0.3, -0.25) is 4.79 Å². The van der Waals surface area contributed by atoms with Crippen molar-refractivity contribution in [3.63, 3.8) is 0 Å². The second-order valence-electron chi connectivity index (χ2n) is 9.25. The largest absolute Gasteiger partial charge is 0.381 e. The van der Waals surface area contributed by atoms with Crippen LogP contribution in [0.2, 0.25) is 0 Å². The first-order chi connectivity index (χ1) is 10.5. The molecule has 0 amide bonds. The van der Waals surface area contributed by atoms with Gasteiger partial charge in [-0.1, -0.05) is 13.8 Å². The van der Waals surface area contributed by atoms with Crippen LogP contribution in [0.1, 0.15) is 71.6 Å². The molecule has 4 aliphatic rings. The van der Waals surface area contributed by atoms with Crippen molar-refractivity contribution in [2.45, 2.75) is 77.7 Å². The Hall–Kier alpha value is -0.370. The zero-order valence-electron chi connectivity index (χ0n) is 14.6. The van der Waals surface area contributed by atoms with E-state index in [1.165, 1.54) is 38.5 Å². The SMILES string of the molecule is COC1CCC2C3CCC4CC(=O)CCC4(C)C3CCC12C. The van der Waals surface area contributed by atoms with Crippen LogP contribution in [0.25, 0.3) is 0 Å². The van der Waals surface area contributed by atoms with Gasteiger partial charge in [0.05, 0.1) is 6.10 Å². The minimum atomic E-state index is 0.420. The van der Waals surface area contributed by atoms with Crippen molar-refractivity contribution in [1.82, 2.24) is 0 Å². The topological polar surface area (TPSA) is 26.3 Å². The van der Waals surface area contributed by atoms with Crippen molar-refractivity contribution in [2.75, 3.05) is 7.11 Å². The van der Waals surface area contributed by atoms with Crippen molar-refractivity contribution >= 4 is 5.78 Å². The summed E-state index contributed by atoms with van der Waals surface area (Å²) in [4.78, 5) is 11.9. The number of Topliss-reactive ketones (excluding diaryl/α,β-unsaturated/α-hetero) is 1. The number of hydrogen-bond acceptors (Lipinski definition) is 2. The number of carbonyl (C=O) groups excluding carboxylic acids is 1. The second kappa shape index (κ2) is 5.06. The molecule has 0 aromatic heterocycles. The molecule has 0 spiro atoms. The molecule has 2 nitrogen and oxygen atoms in total. The molecule has 124 valence electrons. The Morgan fingerprint density at radius 1 is 0.955 bits per heavy atom. The monoisotopic (exact) mass is 304 g/mol. The molecule has 0 aliphatic heterocycles. The molecular formula is C20H32O2. The van der Waals surface area contributed by atoms with Crippen molar-refractivity contribution in [3.05, 3.63) is 0 Å². The van der Waals surface area contributed by atoms with E-state index in [0.29, 0.717) is 28.6 Å². The first kappa shape index (κ1) is 15.2. The summed E-state index contributed by atoms with van der Waals surface area (Å²) in [6, 6.07) is 0. The molecule has 4 fully saturated rings. The molecule has 22 heavy (non-hydrogen) atoms. The highest BCUT2D eigenvalue weighted by Crippen LogP contribution is 2.66. The van der Waals surface area contributed by atoms with Crippen LogP contribution in [0.5, 0.6) is 0 Å². The lowest BCUT2D eigenvalue weighted by atomic mass is 9.45. The molecule has 7 atom stereocenters. The van der Waals surface area contributed by atoms with Crippen LogP contribution in [0.4, 0.5) is 0 Å². The normalized spacial score (nSPS) is 54.5. The fourth-order valence-corrected chi connectivity index (χ4v) is 7.38. The number of rotatable bonds is 1. The minimum Gasteiger partial charge on any atom is -0.381 e. The summed E-state index contributed by atoms with van der Waals surface area (Å²) in [6.45, 7) is 5.04. The molecule has 0 aromatic carbocycles. The molecule has 2 heteroatoms. The molecule has 4 saturated carbocycles. The molecule has 0 bridgehead atoms. The summed E-state index contributed by atoms with van der Waals surface area (Å²) in [5.74, 6) is 3.84. The van der Waals surface area contributed by atoms with E-state index in [0.717, 1.165) is 37.0 Å². The number of ketones is 1. The predicted octanol–water partition coefficient (Wildman–Crippen LogP) is 4.61. The summed E-state index contributed by atoms with van der Waals surface area (Å²) < 4.78 is 5.86.